The Morgan fingerprint density at radius 3 is 2.70 bits per heavy atom. The minimum Gasteiger partial charge on any atom is -0.391 e. The van der Waals surface area contributed by atoms with Gasteiger partial charge in [-0.15, -0.1) is 0 Å². The molecule has 2 aromatic rings. The van der Waals surface area contributed by atoms with Crippen molar-refractivity contribution in [2.45, 2.75) is 13.0 Å². The van der Waals surface area contributed by atoms with Crippen LogP contribution in [0.4, 0.5) is 8.78 Å². The van der Waals surface area contributed by atoms with Crippen molar-refractivity contribution in [2.24, 2.45) is 5.16 Å². The van der Waals surface area contributed by atoms with E-state index in [0.29, 0.717) is 5.56 Å². The zero-order valence-corrected chi connectivity index (χ0v) is 12.1. The molecule has 5 heteroatoms. The van der Waals surface area contributed by atoms with E-state index in [1.807, 2.05) is 24.3 Å². The average Bonchev–Trinajstić information content (AvgIpc) is 2.45. The van der Waals surface area contributed by atoms with Crippen molar-refractivity contribution in [1.29, 1.82) is 0 Å². The van der Waals surface area contributed by atoms with Gasteiger partial charge in [0.25, 0.3) is 6.43 Å². The van der Waals surface area contributed by atoms with Crippen molar-refractivity contribution in [3.8, 4) is 0 Å². The fraction of sp³-hybridized carbons (Fsp3) is 0.133. The highest BCUT2D eigenvalue weighted by Crippen LogP contribution is 2.19. The quantitative estimate of drug-likeness (QED) is 0.558. The zero-order valence-electron chi connectivity index (χ0n) is 10.5. The second-order valence-corrected chi connectivity index (χ2v) is 4.93. The topological polar surface area (TPSA) is 21.6 Å². The van der Waals surface area contributed by atoms with Gasteiger partial charge in [-0.05, 0) is 17.7 Å². The number of rotatable bonds is 5. The van der Waals surface area contributed by atoms with E-state index in [-0.39, 0.29) is 12.2 Å². The highest BCUT2D eigenvalue weighted by atomic mass is 79.9. The van der Waals surface area contributed by atoms with Gasteiger partial charge in [0.05, 0.1) is 6.21 Å². The molecule has 0 amide bonds. The Hall–Kier alpha value is -1.75. The van der Waals surface area contributed by atoms with Crippen LogP contribution in [-0.2, 0) is 11.4 Å². The maximum absolute atomic E-state index is 12.5. The summed E-state index contributed by atoms with van der Waals surface area (Å²) in [4.78, 5) is 5.12. The second-order valence-electron chi connectivity index (χ2n) is 4.08. The molecule has 0 spiro atoms. The first-order chi connectivity index (χ1) is 9.66. The monoisotopic (exact) mass is 339 g/mol. The van der Waals surface area contributed by atoms with Crippen LogP contribution in [0.25, 0.3) is 0 Å². The van der Waals surface area contributed by atoms with Crippen molar-refractivity contribution < 1.29 is 13.6 Å². The number of hydrogen-bond donors (Lipinski definition) is 0. The van der Waals surface area contributed by atoms with Gasteiger partial charge < -0.3 is 4.84 Å². The van der Waals surface area contributed by atoms with E-state index in [2.05, 4.69) is 21.1 Å². The van der Waals surface area contributed by atoms with E-state index in [4.69, 9.17) is 4.84 Å². The Kier molecular flexibility index (Phi) is 5.24. The molecule has 2 rings (SSSR count). The van der Waals surface area contributed by atoms with Crippen molar-refractivity contribution in [1.82, 2.24) is 0 Å². The summed E-state index contributed by atoms with van der Waals surface area (Å²) < 4.78 is 26.0. The molecule has 0 unspecified atom stereocenters. The van der Waals surface area contributed by atoms with Gasteiger partial charge in [-0.3, -0.25) is 0 Å². The van der Waals surface area contributed by atoms with Crippen molar-refractivity contribution in [2.75, 3.05) is 0 Å². The molecule has 0 aromatic heterocycles. The number of benzene rings is 2. The Morgan fingerprint density at radius 1 is 1.15 bits per heavy atom. The molecule has 0 N–H and O–H groups in total. The Labute approximate surface area is 124 Å². The number of oxime groups is 1. The summed E-state index contributed by atoms with van der Waals surface area (Å²) in [6.07, 6.45) is -0.903. The third kappa shape index (κ3) is 4.13. The molecule has 2 aromatic carbocycles. The van der Waals surface area contributed by atoms with E-state index in [1.54, 1.807) is 18.3 Å². The lowest BCUT2D eigenvalue weighted by molar-refractivity contribution is 0.130. The molecular formula is C15H12BrF2NO. The van der Waals surface area contributed by atoms with Crippen LogP contribution in [-0.4, -0.2) is 6.21 Å². The highest BCUT2D eigenvalue weighted by molar-refractivity contribution is 9.10. The molecule has 0 atom stereocenters. The molecule has 0 aliphatic rings. The van der Waals surface area contributed by atoms with Gasteiger partial charge in [-0.2, -0.15) is 0 Å². The van der Waals surface area contributed by atoms with Gasteiger partial charge >= 0.3 is 0 Å². The van der Waals surface area contributed by atoms with Crippen LogP contribution in [0.3, 0.4) is 0 Å². The maximum Gasteiger partial charge on any atom is 0.263 e. The van der Waals surface area contributed by atoms with E-state index in [9.17, 15) is 8.78 Å². The van der Waals surface area contributed by atoms with Gasteiger partial charge in [0.15, 0.2) is 0 Å². The van der Waals surface area contributed by atoms with Crippen LogP contribution >= 0.6 is 15.9 Å². The predicted octanol–water partition coefficient (Wildman–Crippen LogP) is 4.94. The van der Waals surface area contributed by atoms with Gasteiger partial charge in [-0.1, -0.05) is 57.5 Å². The molecule has 0 fully saturated rings. The van der Waals surface area contributed by atoms with Crippen LogP contribution in [0.2, 0.25) is 0 Å². The fourth-order valence-electron chi connectivity index (χ4n) is 1.60. The number of halogens is 3. The van der Waals surface area contributed by atoms with Crippen molar-refractivity contribution in [3.05, 3.63) is 69.7 Å². The first-order valence-electron chi connectivity index (χ1n) is 5.93. The van der Waals surface area contributed by atoms with Gasteiger partial charge in [-0.25, -0.2) is 8.78 Å². The molecule has 0 heterocycles. The largest absolute Gasteiger partial charge is 0.391 e. The number of alkyl halides is 2. The second kappa shape index (κ2) is 7.14. The van der Waals surface area contributed by atoms with Crippen LogP contribution in [0.15, 0.2) is 58.2 Å². The molecule has 0 bridgehead atoms. The molecular weight excluding hydrogens is 328 g/mol. The third-order valence-corrected chi connectivity index (χ3v) is 3.33. The normalized spacial score (nSPS) is 11.2. The average molecular weight is 340 g/mol. The van der Waals surface area contributed by atoms with Crippen LogP contribution in [0.1, 0.15) is 23.1 Å². The number of hydrogen-bond acceptors (Lipinski definition) is 2. The first kappa shape index (κ1) is 14.7. The standard InChI is InChI=1S/C15H12BrF2NO/c16-14-7-2-1-5-13(14)9-19-20-10-11-4-3-6-12(8-11)15(17)18/h1-9,15H,10H2. The summed E-state index contributed by atoms with van der Waals surface area (Å²) in [6, 6.07) is 13.7. The van der Waals surface area contributed by atoms with Crippen molar-refractivity contribution >= 4 is 22.1 Å². The lowest BCUT2D eigenvalue weighted by atomic mass is 10.1. The Morgan fingerprint density at radius 2 is 1.95 bits per heavy atom. The molecule has 0 aliphatic heterocycles. The lowest BCUT2D eigenvalue weighted by Crippen LogP contribution is -1.91. The minimum absolute atomic E-state index is 0.0131. The van der Waals surface area contributed by atoms with Crippen molar-refractivity contribution in [3.63, 3.8) is 0 Å². The van der Waals surface area contributed by atoms with E-state index in [0.717, 1.165) is 10.0 Å². The third-order valence-electron chi connectivity index (χ3n) is 2.61. The predicted molar refractivity (Wildman–Crippen MR) is 77.9 cm³/mol. The van der Waals surface area contributed by atoms with Gasteiger partial charge in [0, 0.05) is 15.6 Å². The summed E-state index contributed by atoms with van der Waals surface area (Å²) in [5.74, 6) is 0. The van der Waals surface area contributed by atoms with E-state index in [1.165, 1.54) is 12.1 Å². The lowest BCUT2D eigenvalue weighted by Gasteiger charge is -2.03. The highest BCUT2D eigenvalue weighted by Gasteiger charge is 2.06. The van der Waals surface area contributed by atoms with Crippen LogP contribution in [0.5, 0.6) is 0 Å². The molecule has 2 nitrogen and oxygen atoms in total. The van der Waals surface area contributed by atoms with Gasteiger partial charge in [0.1, 0.15) is 6.61 Å². The first-order valence-corrected chi connectivity index (χ1v) is 6.73. The zero-order chi connectivity index (χ0) is 14.4. The molecule has 0 saturated heterocycles. The summed E-state index contributed by atoms with van der Waals surface area (Å²) >= 11 is 3.39. The van der Waals surface area contributed by atoms with Crippen LogP contribution < -0.4 is 0 Å². The molecule has 0 radical (unpaired) electrons. The van der Waals surface area contributed by atoms with E-state index < -0.39 is 6.43 Å². The minimum atomic E-state index is -2.47. The van der Waals surface area contributed by atoms with Gasteiger partial charge in [0.2, 0.25) is 0 Å². The summed E-state index contributed by atoms with van der Waals surface area (Å²) in [6.45, 7) is 0.154. The van der Waals surface area contributed by atoms with Crippen LogP contribution in [0, 0.1) is 0 Å². The molecule has 0 saturated carbocycles. The summed E-state index contributed by atoms with van der Waals surface area (Å²) in [5, 5.41) is 3.83. The molecule has 104 valence electrons. The van der Waals surface area contributed by atoms with E-state index >= 15 is 0 Å². The summed E-state index contributed by atoms with van der Waals surface area (Å²) in [7, 11) is 0. The maximum atomic E-state index is 12.5. The fourth-order valence-corrected chi connectivity index (χ4v) is 1.99. The smallest absolute Gasteiger partial charge is 0.263 e. The Bertz CT molecular complexity index is 602. The molecule has 20 heavy (non-hydrogen) atoms. The number of nitrogens with zero attached hydrogens (tertiary/aromatic N) is 1. The SMILES string of the molecule is FC(F)c1cccc(CON=Cc2ccccc2Br)c1. The molecule has 0 aliphatic carbocycles. The Balaban J connectivity index is 1.93. The summed E-state index contributed by atoms with van der Waals surface area (Å²) in [5.41, 5.74) is 1.53.